The van der Waals surface area contributed by atoms with Crippen molar-refractivity contribution in [1.82, 2.24) is 15.6 Å². The number of benzene rings is 1. The van der Waals surface area contributed by atoms with Crippen molar-refractivity contribution in [2.75, 3.05) is 18.4 Å². The van der Waals surface area contributed by atoms with Gasteiger partial charge in [-0.1, -0.05) is 6.07 Å². The van der Waals surface area contributed by atoms with Crippen LogP contribution in [-0.2, 0) is 11.0 Å². The fraction of sp³-hybridized carbons (Fsp3) is 0.316. The summed E-state index contributed by atoms with van der Waals surface area (Å²) in [5.41, 5.74) is -0.446. The summed E-state index contributed by atoms with van der Waals surface area (Å²) in [7, 11) is 0. The number of pyridine rings is 1. The van der Waals surface area contributed by atoms with E-state index in [1.54, 1.807) is 6.07 Å². The Morgan fingerprint density at radius 1 is 1.07 bits per heavy atom. The number of rotatable bonds is 7. The van der Waals surface area contributed by atoms with Crippen LogP contribution in [0.15, 0.2) is 42.6 Å². The minimum absolute atomic E-state index is 0.0115. The summed E-state index contributed by atoms with van der Waals surface area (Å²) in [6, 6.07) is 7.72. The van der Waals surface area contributed by atoms with Crippen molar-refractivity contribution >= 4 is 23.3 Å². The van der Waals surface area contributed by atoms with Crippen molar-refractivity contribution in [1.29, 1.82) is 0 Å². The molecule has 3 rings (SSSR count). The first-order valence-corrected chi connectivity index (χ1v) is 8.80. The molecule has 148 valence electrons. The number of anilines is 2. The number of amides is 2. The molecule has 1 heterocycles. The number of hydrogen-bond acceptors (Lipinski definition) is 4. The molecule has 1 aromatic heterocycles. The smallest absolute Gasteiger partial charge is 0.354 e. The summed E-state index contributed by atoms with van der Waals surface area (Å²) in [5.74, 6) is -0.218. The van der Waals surface area contributed by atoms with E-state index in [9.17, 15) is 22.8 Å². The molecule has 6 nitrogen and oxygen atoms in total. The highest BCUT2D eigenvalue weighted by Gasteiger charge is 2.30. The van der Waals surface area contributed by atoms with Crippen molar-refractivity contribution < 1.29 is 22.8 Å². The van der Waals surface area contributed by atoms with Crippen LogP contribution in [0.1, 0.15) is 28.8 Å². The van der Waals surface area contributed by atoms with E-state index < -0.39 is 17.6 Å². The Hall–Kier alpha value is -3.10. The second-order valence-corrected chi connectivity index (χ2v) is 6.42. The van der Waals surface area contributed by atoms with Gasteiger partial charge in [0.1, 0.15) is 5.82 Å². The molecule has 9 heteroatoms. The molecular formula is C19H19F3N4O2. The molecule has 1 fully saturated rings. The van der Waals surface area contributed by atoms with E-state index in [4.69, 9.17) is 0 Å². The first kappa shape index (κ1) is 19.7. The first-order valence-electron chi connectivity index (χ1n) is 8.80. The van der Waals surface area contributed by atoms with Gasteiger partial charge in [0.25, 0.3) is 5.91 Å². The molecule has 0 radical (unpaired) electrons. The Morgan fingerprint density at radius 2 is 1.82 bits per heavy atom. The highest BCUT2D eigenvalue weighted by molar-refractivity contribution is 5.99. The Labute approximate surface area is 159 Å². The zero-order valence-corrected chi connectivity index (χ0v) is 14.8. The van der Waals surface area contributed by atoms with Gasteiger partial charge in [0.15, 0.2) is 0 Å². The molecule has 3 N–H and O–H groups in total. The summed E-state index contributed by atoms with van der Waals surface area (Å²) in [6.45, 7) is 0.535. The van der Waals surface area contributed by atoms with Crippen LogP contribution in [0.2, 0.25) is 0 Å². The monoisotopic (exact) mass is 392 g/mol. The van der Waals surface area contributed by atoms with E-state index in [0.717, 1.165) is 25.0 Å². The average Bonchev–Trinajstić information content (AvgIpc) is 3.50. The standard InChI is InChI=1S/C19H19F3N4O2/c20-19(21,22)13-3-1-4-14(11-13)26-16-15(5-2-8-23-16)18(28)25-10-9-24-17(27)12-6-7-12/h1-5,8,11-12H,6-7,9-10H2,(H,23,26)(H,24,27)(H,25,28). The Morgan fingerprint density at radius 3 is 2.54 bits per heavy atom. The number of aromatic nitrogens is 1. The lowest BCUT2D eigenvalue weighted by atomic mass is 10.2. The molecule has 1 aromatic carbocycles. The minimum Gasteiger partial charge on any atom is -0.354 e. The number of carbonyl (C=O) groups excluding carboxylic acids is 2. The van der Waals surface area contributed by atoms with Crippen LogP contribution in [0, 0.1) is 5.92 Å². The number of nitrogens with zero attached hydrogens (tertiary/aromatic N) is 1. The molecule has 1 saturated carbocycles. The van der Waals surface area contributed by atoms with Crippen molar-refractivity contribution in [3.63, 3.8) is 0 Å². The highest BCUT2D eigenvalue weighted by atomic mass is 19.4. The zero-order chi connectivity index (χ0) is 20.1. The van der Waals surface area contributed by atoms with Gasteiger partial charge in [-0.2, -0.15) is 13.2 Å². The fourth-order valence-electron chi connectivity index (χ4n) is 2.54. The number of halogens is 3. The van der Waals surface area contributed by atoms with E-state index in [1.807, 2.05) is 0 Å². The van der Waals surface area contributed by atoms with Gasteiger partial charge in [0, 0.05) is 30.9 Å². The number of hydrogen-bond donors (Lipinski definition) is 3. The maximum atomic E-state index is 12.9. The van der Waals surface area contributed by atoms with Gasteiger partial charge < -0.3 is 16.0 Å². The fourth-order valence-corrected chi connectivity index (χ4v) is 2.54. The van der Waals surface area contributed by atoms with E-state index in [0.29, 0.717) is 6.54 Å². The zero-order valence-electron chi connectivity index (χ0n) is 14.8. The van der Waals surface area contributed by atoms with Crippen LogP contribution in [0.25, 0.3) is 0 Å². The maximum Gasteiger partial charge on any atom is 0.416 e. The third-order valence-corrected chi connectivity index (χ3v) is 4.16. The first-order chi connectivity index (χ1) is 13.3. The molecule has 2 aromatic rings. The SMILES string of the molecule is O=C(NCCNC(=O)C1CC1)c1cccnc1Nc1cccc(C(F)(F)F)c1. The third-order valence-electron chi connectivity index (χ3n) is 4.16. The van der Waals surface area contributed by atoms with Crippen LogP contribution in [-0.4, -0.2) is 29.9 Å². The minimum atomic E-state index is -4.47. The topological polar surface area (TPSA) is 83.1 Å². The molecule has 0 spiro atoms. The van der Waals surface area contributed by atoms with Crippen LogP contribution >= 0.6 is 0 Å². The Kier molecular flexibility index (Phi) is 5.81. The maximum absolute atomic E-state index is 12.9. The van der Waals surface area contributed by atoms with Crippen molar-refractivity contribution in [2.45, 2.75) is 19.0 Å². The lowest BCUT2D eigenvalue weighted by Crippen LogP contribution is -2.35. The van der Waals surface area contributed by atoms with E-state index in [2.05, 4.69) is 20.9 Å². The Balaban J connectivity index is 1.62. The molecule has 0 bridgehead atoms. The highest BCUT2D eigenvalue weighted by Crippen LogP contribution is 2.31. The van der Waals surface area contributed by atoms with E-state index in [-0.39, 0.29) is 35.4 Å². The van der Waals surface area contributed by atoms with Gasteiger partial charge in [-0.05, 0) is 43.2 Å². The van der Waals surface area contributed by atoms with Crippen molar-refractivity contribution in [2.24, 2.45) is 5.92 Å². The number of alkyl halides is 3. The third kappa shape index (κ3) is 5.21. The van der Waals surface area contributed by atoms with E-state index >= 15 is 0 Å². The average molecular weight is 392 g/mol. The van der Waals surface area contributed by atoms with Gasteiger partial charge in [0.2, 0.25) is 5.91 Å². The second-order valence-electron chi connectivity index (χ2n) is 6.42. The Bertz CT molecular complexity index is 866. The number of carbonyl (C=O) groups is 2. The molecule has 28 heavy (non-hydrogen) atoms. The predicted octanol–water partition coefficient (Wildman–Crippen LogP) is 3.10. The molecule has 1 aliphatic rings. The molecule has 0 saturated heterocycles. The summed E-state index contributed by atoms with van der Waals surface area (Å²) in [5, 5.41) is 8.15. The second kappa shape index (κ2) is 8.28. The van der Waals surface area contributed by atoms with Crippen LogP contribution in [0.3, 0.4) is 0 Å². The van der Waals surface area contributed by atoms with Gasteiger partial charge in [0.05, 0.1) is 11.1 Å². The normalized spacial score (nSPS) is 13.7. The largest absolute Gasteiger partial charge is 0.416 e. The summed E-state index contributed by atoms with van der Waals surface area (Å²) < 4.78 is 38.6. The van der Waals surface area contributed by atoms with Crippen LogP contribution in [0.5, 0.6) is 0 Å². The lowest BCUT2D eigenvalue weighted by molar-refractivity contribution is -0.137. The molecule has 2 amide bonds. The quantitative estimate of drug-likeness (QED) is 0.633. The number of nitrogens with one attached hydrogen (secondary N) is 3. The van der Waals surface area contributed by atoms with Crippen molar-refractivity contribution in [3.8, 4) is 0 Å². The van der Waals surface area contributed by atoms with Crippen molar-refractivity contribution in [3.05, 3.63) is 53.7 Å². The molecule has 0 atom stereocenters. The van der Waals surface area contributed by atoms with Gasteiger partial charge in [-0.15, -0.1) is 0 Å². The molecule has 0 unspecified atom stereocenters. The van der Waals surface area contributed by atoms with Crippen LogP contribution < -0.4 is 16.0 Å². The molecular weight excluding hydrogens is 373 g/mol. The molecule has 1 aliphatic carbocycles. The van der Waals surface area contributed by atoms with Gasteiger partial charge in [-0.3, -0.25) is 9.59 Å². The summed E-state index contributed by atoms with van der Waals surface area (Å²) in [6.07, 6.45) is -1.23. The summed E-state index contributed by atoms with van der Waals surface area (Å²) in [4.78, 5) is 28.0. The van der Waals surface area contributed by atoms with Gasteiger partial charge >= 0.3 is 6.18 Å². The van der Waals surface area contributed by atoms with Gasteiger partial charge in [-0.25, -0.2) is 4.98 Å². The van der Waals surface area contributed by atoms with Crippen LogP contribution in [0.4, 0.5) is 24.7 Å². The molecule has 0 aliphatic heterocycles. The predicted molar refractivity (Wildman–Crippen MR) is 97.0 cm³/mol. The lowest BCUT2D eigenvalue weighted by Gasteiger charge is -2.13. The summed E-state index contributed by atoms with van der Waals surface area (Å²) >= 11 is 0. The van der Waals surface area contributed by atoms with E-state index in [1.165, 1.54) is 24.4 Å².